The summed E-state index contributed by atoms with van der Waals surface area (Å²) in [5.41, 5.74) is 31.1. The van der Waals surface area contributed by atoms with Gasteiger partial charge >= 0.3 is 0 Å². The van der Waals surface area contributed by atoms with Gasteiger partial charge in [-0.1, -0.05) is 62.7 Å². The van der Waals surface area contributed by atoms with Crippen molar-refractivity contribution in [2.45, 2.75) is 122 Å². The maximum absolute atomic E-state index is 14.8. The monoisotopic (exact) mass is 1300 g/mol. The summed E-state index contributed by atoms with van der Waals surface area (Å²) in [6.45, 7) is 11.3. The number of anilines is 1. The number of aromatic hydroxyl groups is 1. The number of fused-ring (bicyclic) bond motifs is 1. The summed E-state index contributed by atoms with van der Waals surface area (Å²) in [6, 6.07) is 7.66. The van der Waals surface area contributed by atoms with E-state index in [0.29, 0.717) is 44.3 Å². The molecule has 4 heterocycles. The van der Waals surface area contributed by atoms with E-state index in [1.165, 1.54) is 48.7 Å². The number of phenols is 1. The van der Waals surface area contributed by atoms with Crippen molar-refractivity contribution >= 4 is 92.3 Å². The Morgan fingerprint density at radius 2 is 1.46 bits per heavy atom. The van der Waals surface area contributed by atoms with Crippen molar-refractivity contribution < 1.29 is 43.8 Å². The van der Waals surface area contributed by atoms with Crippen LogP contribution in [-0.2, 0) is 43.2 Å². The number of halogens is 1. The number of nitrogen functional groups attached to an aromatic ring is 1. The van der Waals surface area contributed by atoms with Gasteiger partial charge in [-0.2, -0.15) is 0 Å². The first-order valence-corrected chi connectivity index (χ1v) is 32.0. The van der Waals surface area contributed by atoms with Gasteiger partial charge in [-0.05, 0) is 107 Å². The quantitative estimate of drug-likeness (QED) is 0.0243. The fourth-order valence-electron chi connectivity index (χ4n) is 9.64. The molecule has 0 radical (unpaired) electrons. The van der Waals surface area contributed by atoms with Crippen molar-refractivity contribution in [1.29, 1.82) is 0 Å². The van der Waals surface area contributed by atoms with E-state index < -0.39 is 77.7 Å². The average molecular weight is 1300 g/mol. The smallest absolute Gasteiger partial charge is 0.271 e. The Balaban J connectivity index is 1.12. The first kappa shape index (κ1) is 71.3. The minimum atomic E-state index is -1.54. The molecule has 6 rings (SSSR count). The molecule has 2 aromatic carbocycles. The van der Waals surface area contributed by atoms with Gasteiger partial charge in [0.2, 0.25) is 29.5 Å². The number of carbonyl (C=O) groups excluding carboxylic acids is 7. The number of nitrogens with one attached hydrogen (secondary N) is 9. The number of rotatable bonds is 39. The molecule has 488 valence electrons. The molecule has 30 heteroatoms. The topological polar surface area (TPSA) is 454 Å². The number of aromatic amines is 1. The molecular weight excluding hydrogens is 1220 g/mol. The number of unbranched alkanes of at least 4 members (excludes halogenated alkanes) is 1. The van der Waals surface area contributed by atoms with Crippen LogP contribution < -0.4 is 71.2 Å². The number of para-hydroxylation sites is 1. The largest absolute Gasteiger partial charge is 0.508 e. The lowest BCUT2D eigenvalue weighted by atomic mass is 9.90. The predicted octanol–water partition coefficient (Wildman–Crippen LogP) is 1.49. The third kappa shape index (κ3) is 21.7. The van der Waals surface area contributed by atoms with Crippen LogP contribution in [0.25, 0.3) is 21.6 Å². The highest BCUT2D eigenvalue weighted by Crippen LogP contribution is 2.35. The molecule has 0 saturated heterocycles. The lowest BCUT2D eigenvalue weighted by Gasteiger charge is -2.31. The third-order valence-corrected chi connectivity index (χ3v) is 16.9. The van der Waals surface area contributed by atoms with Crippen LogP contribution >= 0.6 is 34.3 Å². The zero-order valence-corrected chi connectivity index (χ0v) is 53.4. The van der Waals surface area contributed by atoms with E-state index in [9.17, 15) is 43.8 Å². The van der Waals surface area contributed by atoms with Crippen molar-refractivity contribution in [1.82, 2.24) is 67.5 Å². The number of H-pyrrole nitrogens is 1. The van der Waals surface area contributed by atoms with Crippen molar-refractivity contribution in [3.8, 4) is 16.5 Å². The summed E-state index contributed by atoms with van der Waals surface area (Å²) in [6.07, 6.45) is 3.96. The second-order valence-electron chi connectivity index (χ2n) is 22.4. The first-order chi connectivity index (χ1) is 43.0. The summed E-state index contributed by atoms with van der Waals surface area (Å²) in [5.74, 6) is -6.39. The van der Waals surface area contributed by atoms with E-state index in [2.05, 4.69) is 67.5 Å². The highest BCUT2D eigenvalue weighted by Gasteiger charge is 2.36. The molecule has 0 aliphatic heterocycles. The van der Waals surface area contributed by atoms with E-state index in [0.717, 1.165) is 62.8 Å². The fourth-order valence-corrected chi connectivity index (χ4v) is 11.7. The molecule has 21 N–H and O–H groups in total. The number of hydrogen-bond acceptors (Lipinski definition) is 21. The van der Waals surface area contributed by atoms with Gasteiger partial charge in [0, 0.05) is 73.4 Å². The SMILES string of the molecule is Cc1c(N)nc([C@H](CC(N)=O)NC[C@H](N)C(N)=O)nc1C(=O)N[C@@H](Cc1c[nH]c2ccccc12)C(=O)N[C@H](CC(C)C)[C@@H](O)[C@H](C)C(=O)N[C@@H](Cc1ccc(O)cc1)C(=O)NCCc1nc(-c2nc(C(=O)NCCCNCCCCNCCCN)cs2)c(Cl)s1. The van der Waals surface area contributed by atoms with Crippen LogP contribution in [0.1, 0.15) is 114 Å². The van der Waals surface area contributed by atoms with Crippen molar-refractivity contribution in [3.05, 3.63) is 103 Å². The van der Waals surface area contributed by atoms with Crippen LogP contribution in [0.15, 0.2) is 60.1 Å². The zero-order valence-electron chi connectivity index (χ0n) is 51.0. The first-order valence-electron chi connectivity index (χ1n) is 29.9. The molecule has 0 fully saturated rings. The van der Waals surface area contributed by atoms with Gasteiger partial charge in [0.05, 0.1) is 35.2 Å². The second-order valence-corrected chi connectivity index (χ2v) is 24.9. The van der Waals surface area contributed by atoms with Crippen LogP contribution in [0.3, 0.4) is 0 Å². The molecule has 0 bridgehead atoms. The number of aromatic nitrogens is 5. The van der Waals surface area contributed by atoms with Gasteiger partial charge in [0.15, 0.2) is 0 Å². The number of aliphatic hydroxyl groups excluding tert-OH is 1. The van der Waals surface area contributed by atoms with E-state index in [1.807, 2.05) is 38.1 Å². The summed E-state index contributed by atoms with van der Waals surface area (Å²) < 4.78 is 0.354. The normalized spacial score (nSPS) is 13.8. The summed E-state index contributed by atoms with van der Waals surface area (Å²) in [5, 5.41) is 49.6. The van der Waals surface area contributed by atoms with E-state index in [1.54, 1.807) is 23.7 Å². The Morgan fingerprint density at radius 1 is 0.767 bits per heavy atom. The van der Waals surface area contributed by atoms with E-state index >= 15 is 0 Å². The molecule has 27 nitrogen and oxygen atoms in total. The Morgan fingerprint density at radius 3 is 2.14 bits per heavy atom. The molecular formula is C60H85ClN18O9S2. The highest BCUT2D eigenvalue weighted by atomic mass is 35.5. The minimum absolute atomic E-state index is 0.00326. The van der Waals surface area contributed by atoms with E-state index in [4.69, 9.17) is 40.3 Å². The Labute approximate surface area is 535 Å². The number of nitrogens with zero attached hydrogens (tertiary/aromatic N) is 4. The van der Waals surface area contributed by atoms with Gasteiger partial charge in [0.1, 0.15) is 55.9 Å². The lowest BCUT2D eigenvalue weighted by molar-refractivity contribution is -0.134. The number of aliphatic hydroxyl groups is 1. The van der Waals surface area contributed by atoms with Crippen LogP contribution in [0, 0.1) is 18.8 Å². The molecule has 4 aromatic heterocycles. The van der Waals surface area contributed by atoms with Crippen LogP contribution in [0.2, 0.25) is 4.34 Å². The molecule has 90 heavy (non-hydrogen) atoms. The Hall–Kier alpha value is -7.74. The maximum Gasteiger partial charge on any atom is 0.271 e. The molecule has 0 aliphatic rings. The summed E-state index contributed by atoms with van der Waals surface area (Å²) in [7, 11) is 0. The molecule has 6 aromatic rings. The Bertz CT molecular complexity index is 3360. The number of hydrogen-bond donors (Lipinski definition) is 16. The molecule has 7 amide bonds. The van der Waals surface area contributed by atoms with Crippen LogP contribution in [0.4, 0.5) is 5.82 Å². The number of amides is 7. The third-order valence-electron chi connectivity index (χ3n) is 14.7. The van der Waals surface area contributed by atoms with Gasteiger partial charge < -0.3 is 86.4 Å². The minimum Gasteiger partial charge on any atom is -0.508 e. The van der Waals surface area contributed by atoms with Gasteiger partial charge in [-0.15, -0.1) is 22.7 Å². The molecule has 0 saturated carbocycles. The zero-order chi connectivity index (χ0) is 65.4. The maximum atomic E-state index is 14.8. The molecule has 0 unspecified atom stereocenters. The molecule has 0 aliphatic carbocycles. The fraction of sp³-hybridized carbons (Fsp3) is 0.483. The number of benzene rings is 2. The second kappa shape index (κ2) is 35.6. The molecule has 7 atom stereocenters. The number of carbonyl (C=O) groups is 7. The van der Waals surface area contributed by atoms with Crippen molar-refractivity contribution in [2.75, 3.05) is 58.1 Å². The van der Waals surface area contributed by atoms with Gasteiger partial charge in [0.25, 0.3) is 11.8 Å². The Kier molecular flexibility index (Phi) is 28.2. The van der Waals surface area contributed by atoms with Gasteiger partial charge in [-0.25, -0.2) is 19.9 Å². The average Bonchev–Trinajstić information content (AvgIpc) is 2.45. The van der Waals surface area contributed by atoms with Crippen LogP contribution in [-0.4, -0.2) is 159 Å². The number of thiazole rings is 2. The van der Waals surface area contributed by atoms with E-state index in [-0.39, 0.29) is 91.4 Å². The van der Waals surface area contributed by atoms with Crippen LogP contribution in [0.5, 0.6) is 5.75 Å². The number of primary amides is 2. The lowest BCUT2D eigenvalue weighted by Crippen LogP contribution is -2.57. The summed E-state index contributed by atoms with van der Waals surface area (Å²) >= 11 is 9.10. The van der Waals surface area contributed by atoms with Crippen molar-refractivity contribution in [2.24, 2.45) is 34.8 Å². The molecule has 0 spiro atoms. The number of phenolic OH excluding ortho intramolecular Hbond substituents is 1. The van der Waals surface area contributed by atoms with Crippen molar-refractivity contribution in [3.63, 3.8) is 0 Å². The van der Waals surface area contributed by atoms with Gasteiger partial charge in [-0.3, -0.25) is 33.6 Å². The highest BCUT2D eigenvalue weighted by molar-refractivity contribution is 7.17. The number of nitrogens with two attached hydrogens (primary N) is 5. The summed E-state index contributed by atoms with van der Waals surface area (Å²) in [4.78, 5) is 116. The predicted molar refractivity (Wildman–Crippen MR) is 347 cm³/mol. The standard InChI is InChI=1S/C60H85ClN18O9S2/c1-32(2)25-41(73-58(87)44(27-36-29-71-40-12-6-5-11-38(36)40)75-59(88)48-33(3)52(65)79-54(78-48)42(28-46(64)81)72-30-39(63)53(66)83)50(82)34(4)55(84)74-43(26-35-13-15-37(80)16-14-35)56(85)70-24-17-47-77-49(51(61)90-47)60-76-45(31-89-60)57(86)69-23-10-22-68-20-8-7-19-67-21-9-18-62/h5-6,11-16,29,31-32,34,39,41-44,50,67-68,71-72,80,82H,7-10,17-28,30,62-63H2,1-4H3,(H2,64,81)(H2,66,83)(H,69,86)(H,70,85)(H,73,87)(H,74,84)(H,75,88)(H2,65,78,79)/t34-,39-,41+,42-,43-,44-,50-/m0/s1.